The molecule has 2 aliphatic heterocycles. The molecule has 2 heterocycles. The lowest BCUT2D eigenvalue weighted by Crippen LogP contribution is -2.39. The number of benzene rings is 1. The second-order valence-electron chi connectivity index (χ2n) is 5.14. The van der Waals surface area contributed by atoms with Crippen LogP contribution in [0.3, 0.4) is 0 Å². The van der Waals surface area contributed by atoms with Crippen LogP contribution in [0.15, 0.2) is 24.3 Å². The molecule has 1 aromatic rings. The Kier molecular flexibility index (Phi) is 3.97. The van der Waals surface area contributed by atoms with Gasteiger partial charge in [0.15, 0.2) is 0 Å². The first-order valence-electron chi connectivity index (χ1n) is 7.12. The maximum atomic E-state index is 12.7. The summed E-state index contributed by atoms with van der Waals surface area (Å²) in [6, 6.07) is 8.16. The van der Waals surface area contributed by atoms with Crippen molar-refractivity contribution in [3.8, 4) is 0 Å². The minimum absolute atomic E-state index is 0.167. The summed E-state index contributed by atoms with van der Waals surface area (Å²) < 4.78 is 0. The standard InChI is InChI=1S/C15H20N2OS/c18-15(14-8-3-4-11-19-14)17-10-5-9-16-12-6-1-2-7-13(12)17/h1-2,6-7,14,16H,3-5,8-11H2. The smallest absolute Gasteiger partial charge is 0.240 e. The topological polar surface area (TPSA) is 32.3 Å². The number of amides is 1. The van der Waals surface area contributed by atoms with E-state index in [2.05, 4.69) is 17.4 Å². The van der Waals surface area contributed by atoms with Crippen LogP contribution in [0.5, 0.6) is 0 Å². The number of anilines is 2. The van der Waals surface area contributed by atoms with E-state index in [0.717, 1.165) is 43.1 Å². The molecule has 3 rings (SSSR count). The molecule has 1 unspecified atom stereocenters. The molecule has 102 valence electrons. The molecule has 1 fully saturated rings. The highest BCUT2D eigenvalue weighted by Gasteiger charge is 2.29. The Morgan fingerprint density at radius 3 is 3.00 bits per heavy atom. The number of fused-ring (bicyclic) bond motifs is 1. The van der Waals surface area contributed by atoms with Crippen LogP contribution in [0.2, 0.25) is 0 Å². The van der Waals surface area contributed by atoms with Crippen molar-refractivity contribution in [2.75, 3.05) is 29.1 Å². The van der Waals surface area contributed by atoms with E-state index >= 15 is 0 Å². The van der Waals surface area contributed by atoms with Gasteiger partial charge in [0.1, 0.15) is 0 Å². The predicted octanol–water partition coefficient (Wildman–Crippen LogP) is 3.12. The fraction of sp³-hybridized carbons (Fsp3) is 0.533. The average molecular weight is 276 g/mol. The fourth-order valence-corrected chi connectivity index (χ4v) is 4.04. The van der Waals surface area contributed by atoms with E-state index in [-0.39, 0.29) is 5.25 Å². The molecule has 19 heavy (non-hydrogen) atoms. The number of thioether (sulfide) groups is 1. The van der Waals surface area contributed by atoms with E-state index in [1.807, 2.05) is 28.8 Å². The van der Waals surface area contributed by atoms with Crippen LogP contribution in [0.1, 0.15) is 25.7 Å². The van der Waals surface area contributed by atoms with Gasteiger partial charge in [0.25, 0.3) is 0 Å². The third-order valence-electron chi connectivity index (χ3n) is 3.79. The van der Waals surface area contributed by atoms with Crippen LogP contribution in [-0.4, -0.2) is 30.0 Å². The molecule has 0 aromatic heterocycles. The zero-order valence-electron chi connectivity index (χ0n) is 11.1. The molecular formula is C15H20N2OS. The summed E-state index contributed by atoms with van der Waals surface area (Å²) in [5.74, 6) is 1.44. The molecule has 1 atom stereocenters. The van der Waals surface area contributed by atoms with Crippen molar-refractivity contribution in [1.82, 2.24) is 0 Å². The molecule has 4 heteroatoms. The highest BCUT2D eigenvalue weighted by molar-refractivity contribution is 8.00. The highest BCUT2D eigenvalue weighted by atomic mass is 32.2. The second-order valence-corrected chi connectivity index (χ2v) is 6.45. The van der Waals surface area contributed by atoms with Gasteiger partial charge in [-0.3, -0.25) is 4.79 Å². The number of nitrogens with zero attached hydrogens (tertiary/aromatic N) is 1. The molecule has 0 radical (unpaired) electrons. The van der Waals surface area contributed by atoms with Crippen LogP contribution in [0.25, 0.3) is 0 Å². The van der Waals surface area contributed by atoms with E-state index in [9.17, 15) is 4.79 Å². The Morgan fingerprint density at radius 2 is 2.16 bits per heavy atom. The summed E-state index contributed by atoms with van der Waals surface area (Å²) in [4.78, 5) is 14.7. The van der Waals surface area contributed by atoms with E-state index in [1.165, 1.54) is 12.8 Å². The van der Waals surface area contributed by atoms with E-state index < -0.39 is 0 Å². The Bertz CT molecular complexity index is 457. The van der Waals surface area contributed by atoms with E-state index in [0.29, 0.717) is 5.91 Å². The molecule has 0 saturated carbocycles. The lowest BCUT2D eigenvalue weighted by atomic mass is 10.1. The second kappa shape index (κ2) is 5.87. The summed E-state index contributed by atoms with van der Waals surface area (Å²) in [5, 5.41) is 3.58. The zero-order valence-corrected chi connectivity index (χ0v) is 11.9. The first kappa shape index (κ1) is 12.9. The summed E-state index contributed by atoms with van der Waals surface area (Å²) in [5.41, 5.74) is 2.14. The molecule has 0 aliphatic carbocycles. The number of carbonyl (C=O) groups is 1. The number of rotatable bonds is 1. The zero-order chi connectivity index (χ0) is 13.1. The minimum atomic E-state index is 0.167. The molecule has 0 bridgehead atoms. The van der Waals surface area contributed by atoms with Gasteiger partial charge in [0.05, 0.1) is 16.6 Å². The molecule has 1 amide bonds. The number of para-hydroxylation sites is 2. The van der Waals surface area contributed by atoms with Gasteiger partial charge in [0.2, 0.25) is 5.91 Å². The average Bonchev–Trinajstić information content (AvgIpc) is 2.70. The molecule has 0 spiro atoms. The molecule has 1 saturated heterocycles. The van der Waals surface area contributed by atoms with Crippen LogP contribution in [-0.2, 0) is 4.79 Å². The quantitative estimate of drug-likeness (QED) is 0.855. The molecular weight excluding hydrogens is 256 g/mol. The predicted molar refractivity (Wildman–Crippen MR) is 82.0 cm³/mol. The number of carbonyl (C=O) groups excluding carboxylic acids is 1. The molecule has 3 nitrogen and oxygen atoms in total. The van der Waals surface area contributed by atoms with Gasteiger partial charge in [-0.05, 0) is 37.1 Å². The Morgan fingerprint density at radius 1 is 1.26 bits per heavy atom. The van der Waals surface area contributed by atoms with Crippen molar-refractivity contribution in [2.45, 2.75) is 30.9 Å². The third-order valence-corrected chi connectivity index (χ3v) is 5.15. The van der Waals surface area contributed by atoms with Gasteiger partial charge in [-0.25, -0.2) is 0 Å². The van der Waals surface area contributed by atoms with Crippen molar-refractivity contribution in [2.24, 2.45) is 0 Å². The van der Waals surface area contributed by atoms with Crippen LogP contribution >= 0.6 is 11.8 Å². The van der Waals surface area contributed by atoms with Crippen LogP contribution in [0.4, 0.5) is 11.4 Å². The Labute approximate surface area is 118 Å². The number of nitrogens with one attached hydrogen (secondary N) is 1. The van der Waals surface area contributed by atoms with Gasteiger partial charge in [0, 0.05) is 13.1 Å². The van der Waals surface area contributed by atoms with E-state index in [4.69, 9.17) is 0 Å². The normalized spacial score (nSPS) is 23.2. The molecule has 1 aromatic carbocycles. The van der Waals surface area contributed by atoms with Gasteiger partial charge >= 0.3 is 0 Å². The Balaban J connectivity index is 1.84. The summed E-state index contributed by atoms with van der Waals surface area (Å²) >= 11 is 1.83. The van der Waals surface area contributed by atoms with Crippen molar-refractivity contribution < 1.29 is 4.79 Å². The number of hydrogen-bond donors (Lipinski definition) is 1. The lowest BCUT2D eigenvalue weighted by Gasteiger charge is -2.28. The SMILES string of the molecule is O=C(C1CCCCS1)N1CCCNc2ccccc21. The lowest BCUT2D eigenvalue weighted by molar-refractivity contribution is -0.118. The first-order valence-corrected chi connectivity index (χ1v) is 8.17. The van der Waals surface area contributed by atoms with Crippen molar-refractivity contribution in [1.29, 1.82) is 0 Å². The highest BCUT2D eigenvalue weighted by Crippen LogP contribution is 2.32. The number of hydrogen-bond acceptors (Lipinski definition) is 3. The van der Waals surface area contributed by atoms with Crippen molar-refractivity contribution in [3.05, 3.63) is 24.3 Å². The van der Waals surface area contributed by atoms with Gasteiger partial charge in [-0.1, -0.05) is 18.6 Å². The first-order chi connectivity index (χ1) is 9.36. The minimum Gasteiger partial charge on any atom is -0.383 e. The van der Waals surface area contributed by atoms with Gasteiger partial charge < -0.3 is 10.2 Å². The molecule has 2 aliphatic rings. The van der Waals surface area contributed by atoms with Gasteiger partial charge in [-0.2, -0.15) is 0 Å². The fourth-order valence-electron chi connectivity index (χ4n) is 2.78. The maximum Gasteiger partial charge on any atom is 0.240 e. The van der Waals surface area contributed by atoms with Crippen molar-refractivity contribution >= 4 is 29.0 Å². The maximum absolute atomic E-state index is 12.7. The van der Waals surface area contributed by atoms with Gasteiger partial charge in [-0.15, -0.1) is 11.8 Å². The van der Waals surface area contributed by atoms with E-state index in [1.54, 1.807) is 0 Å². The largest absolute Gasteiger partial charge is 0.383 e. The summed E-state index contributed by atoms with van der Waals surface area (Å²) in [6.45, 7) is 1.78. The van der Waals surface area contributed by atoms with Crippen LogP contribution < -0.4 is 10.2 Å². The summed E-state index contributed by atoms with van der Waals surface area (Å²) in [6.07, 6.45) is 4.50. The molecule has 1 N–H and O–H groups in total. The van der Waals surface area contributed by atoms with Crippen molar-refractivity contribution in [3.63, 3.8) is 0 Å². The monoisotopic (exact) mass is 276 g/mol. The summed E-state index contributed by atoms with van der Waals surface area (Å²) in [7, 11) is 0. The Hall–Kier alpha value is -1.16. The third kappa shape index (κ3) is 2.73. The van der Waals surface area contributed by atoms with Crippen LogP contribution in [0, 0.1) is 0 Å².